The Morgan fingerprint density at radius 1 is 1.53 bits per heavy atom. The number of aryl methyl sites for hydroxylation is 1. The van der Waals surface area contributed by atoms with Gasteiger partial charge in [0.25, 0.3) is 0 Å². The first-order chi connectivity index (χ1) is 7.16. The Hall–Kier alpha value is -1.51. The Balaban J connectivity index is 2.00. The van der Waals surface area contributed by atoms with Crippen molar-refractivity contribution in [2.45, 2.75) is 19.8 Å². The SMILES string of the molecule is Cc1ccc(C(=O)OCC2CC2)cc1N. The van der Waals surface area contributed by atoms with Crippen molar-refractivity contribution in [3.8, 4) is 0 Å². The normalized spacial score (nSPS) is 15.0. The summed E-state index contributed by atoms with van der Waals surface area (Å²) in [7, 11) is 0. The van der Waals surface area contributed by atoms with Gasteiger partial charge in [0.15, 0.2) is 0 Å². The number of benzene rings is 1. The van der Waals surface area contributed by atoms with E-state index in [1.165, 1.54) is 12.8 Å². The summed E-state index contributed by atoms with van der Waals surface area (Å²) in [5, 5.41) is 0. The van der Waals surface area contributed by atoms with Crippen LogP contribution in [0.4, 0.5) is 5.69 Å². The highest BCUT2D eigenvalue weighted by atomic mass is 16.5. The fourth-order valence-corrected chi connectivity index (χ4v) is 1.33. The van der Waals surface area contributed by atoms with E-state index in [4.69, 9.17) is 10.5 Å². The molecule has 0 amide bonds. The highest BCUT2D eigenvalue weighted by molar-refractivity contribution is 5.90. The molecule has 15 heavy (non-hydrogen) atoms. The third-order valence-corrected chi connectivity index (χ3v) is 2.66. The number of hydrogen-bond donors (Lipinski definition) is 1. The zero-order chi connectivity index (χ0) is 10.8. The first-order valence-corrected chi connectivity index (χ1v) is 5.20. The van der Waals surface area contributed by atoms with Crippen molar-refractivity contribution in [1.82, 2.24) is 0 Å². The summed E-state index contributed by atoms with van der Waals surface area (Å²) < 4.78 is 5.15. The number of rotatable bonds is 3. The fourth-order valence-electron chi connectivity index (χ4n) is 1.33. The van der Waals surface area contributed by atoms with Crippen molar-refractivity contribution < 1.29 is 9.53 Å². The number of esters is 1. The van der Waals surface area contributed by atoms with E-state index in [-0.39, 0.29) is 5.97 Å². The lowest BCUT2D eigenvalue weighted by Crippen LogP contribution is -2.08. The van der Waals surface area contributed by atoms with Crippen LogP contribution in [0.3, 0.4) is 0 Å². The van der Waals surface area contributed by atoms with Crippen LogP contribution in [0.15, 0.2) is 18.2 Å². The monoisotopic (exact) mass is 205 g/mol. The molecule has 0 radical (unpaired) electrons. The Morgan fingerprint density at radius 3 is 2.87 bits per heavy atom. The van der Waals surface area contributed by atoms with Crippen molar-refractivity contribution in [1.29, 1.82) is 0 Å². The zero-order valence-electron chi connectivity index (χ0n) is 8.82. The summed E-state index contributed by atoms with van der Waals surface area (Å²) in [5.74, 6) is 0.324. The highest BCUT2D eigenvalue weighted by Crippen LogP contribution is 2.29. The van der Waals surface area contributed by atoms with E-state index >= 15 is 0 Å². The first-order valence-electron chi connectivity index (χ1n) is 5.20. The molecule has 0 spiro atoms. The van der Waals surface area contributed by atoms with Gasteiger partial charge in [0.2, 0.25) is 0 Å². The second-order valence-corrected chi connectivity index (χ2v) is 4.11. The van der Waals surface area contributed by atoms with Crippen LogP contribution in [0.2, 0.25) is 0 Å². The molecule has 0 atom stereocenters. The van der Waals surface area contributed by atoms with E-state index in [2.05, 4.69) is 0 Å². The largest absolute Gasteiger partial charge is 0.462 e. The molecule has 1 fully saturated rings. The van der Waals surface area contributed by atoms with Gasteiger partial charge < -0.3 is 10.5 Å². The maximum atomic E-state index is 11.6. The average molecular weight is 205 g/mol. The second kappa shape index (κ2) is 3.93. The van der Waals surface area contributed by atoms with Gasteiger partial charge in [-0.3, -0.25) is 0 Å². The summed E-state index contributed by atoms with van der Waals surface area (Å²) in [6.07, 6.45) is 2.37. The molecule has 1 aromatic rings. The number of nitrogens with two attached hydrogens (primary N) is 1. The van der Waals surface area contributed by atoms with Crippen molar-refractivity contribution in [3.63, 3.8) is 0 Å². The summed E-state index contributed by atoms with van der Waals surface area (Å²) in [6, 6.07) is 5.26. The minimum Gasteiger partial charge on any atom is -0.462 e. The van der Waals surface area contributed by atoms with E-state index in [1.807, 2.05) is 13.0 Å². The number of ether oxygens (including phenoxy) is 1. The smallest absolute Gasteiger partial charge is 0.338 e. The minimum atomic E-state index is -0.270. The second-order valence-electron chi connectivity index (χ2n) is 4.11. The van der Waals surface area contributed by atoms with Crippen LogP contribution in [0.1, 0.15) is 28.8 Å². The van der Waals surface area contributed by atoms with Crippen LogP contribution in [0.25, 0.3) is 0 Å². The van der Waals surface area contributed by atoms with Gasteiger partial charge in [-0.05, 0) is 43.4 Å². The lowest BCUT2D eigenvalue weighted by atomic mass is 10.1. The van der Waals surface area contributed by atoms with Gasteiger partial charge in [-0.15, -0.1) is 0 Å². The molecule has 3 heteroatoms. The van der Waals surface area contributed by atoms with Gasteiger partial charge in [-0.1, -0.05) is 6.07 Å². The van der Waals surface area contributed by atoms with Crippen LogP contribution >= 0.6 is 0 Å². The van der Waals surface area contributed by atoms with Crippen molar-refractivity contribution in [2.24, 2.45) is 5.92 Å². The summed E-state index contributed by atoms with van der Waals surface area (Å²) in [5.41, 5.74) is 7.87. The molecular formula is C12H15NO2. The molecule has 3 nitrogen and oxygen atoms in total. The van der Waals surface area contributed by atoms with Crippen molar-refractivity contribution in [3.05, 3.63) is 29.3 Å². The number of carbonyl (C=O) groups excluding carboxylic acids is 1. The van der Waals surface area contributed by atoms with E-state index in [0.717, 1.165) is 5.56 Å². The van der Waals surface area contributed by atoms with Gasteiger partial charge in [0.1, 0.15) is 0 Å². The van der Waals surface area contributed by atoms with Crippen LogP contribution in [0, 0.1) is 12.8 Å². The van der Waals surface area contributed by atoms with Crippen LogP contribution in [-0.4, -0.2) is 12.6 Å². The Bertz CT molecular complexity index is 383. The lowest BCUT2D eigenvalue weighted by molar-refractivity contribution is 0.0486. The minimum absolute atomic E-state index is 0.270. The third kappa shape index (κ3) is 2.49. The molecule has 1 aliphatic carbocycles. The van der Waals surface area contributed by atoms with Gasteiger partial charge in [-0.2, -0.15) is 0 Å². The predicted octanol–water partition coefficient (Wildman–Crippen LogP) is 2.14. The van der Waals surface area contributed by atoms with Crippen LogP contribution in [-0.2, 0) is 4.74 Å². The molecule has 0 aromatic heterocycles. The van der Waals surface area contributed by atoms with Gasteiger partial charge >= 0.3 is 5.97 Å². The summed E-state index contributed by atoms with van der Waals surface area (Å²) in [4.78, 5) is 11.6. The van der Waals surface area contributed by atoms with E-state index in [9.17, 15) is 4.79 Å². The molecular weight excluding hydrogens is 190 g/mol. The quantitative estimate of drug-likeness (QED) is 0.607. The topological polar surface area (TPSA) is 52.3 Å². The number of anilines is 1. The molecule has 80 valence electrons. The lowest BCUT2D eigenvalue weighted by Gasteiger charge is -2.05. The number of hydrogen-bond acceptors (Lipinski definition) is 3. The van der Waals surface area contributed by atoms with Crippen LogP contribution < -0.4 is 5.73 Å². The Morgan fingerprint density at radius 2 is 2.27 bits per heavy atom. The standard InChI is InChI=1S/C12H15NO2/c1-8-2-5-10(6-11(8)13)12(14)15-7-9-3-4-9/h2,5-6,9H,3-4,7,13H2,1H3. The summed E-state index contributed by atoms with van der Waals surface area (Å²) in [6.45, 7) is 2.46. The fraction of sp³-hybridized carbons (Fsp3) is 0.417. The molecule has 2 rings (SSSR count). The van der Waals surface area contributed by atoms with E-state index < -0.39 is 0 Å². The van der Waals surface area contributed by atoms with Crippen LogP contribution in [0.5, 0.6) is 0 Å². The molecule has 0 saturated heterocycles. The molecule has 1 aliphatic rings. The Labute approximate surface area is 89.2 Å². The van der Waals surface area contributed by atoms with E-state index in [0.29, 0.717) is 23.8 Å². The average Bonchev–Trinajstić information content (AvgIpc) is 3.02. The van der Waals surface area contributed by atoms with E-state index in [1.54, 1.807) is 12.1 Å². The number of nitrogen functional groups attached to an aromatic ring is 1. The molecule has 2 N–H and O–H groups in total. The zero-order valence-corrected chi connectivity index (χ0v) is 8.82. The maximum Gasteiger partial charge on any atom is 0.338 e. The molecule has 0 unspecified atom stereocenters. The molecule has 0 bridgehead atoms. The van der Waals surface area contributed by atoms with Crippen molar-refractivity contribution in [2.75, 3.05) is 12.3 Å². The maximum absolute atomic E-state index is 11.6. The predicted molar refractivity (Wildman–Crippen MR) is 58.6 cm³/mol. The summed E-state index contributed by atoms with van der Waals surface area (Å²) >= 11 is 0. The first kappa shape index (κ1) is 10.0. The molecule has 1 aromatic carbocycles. The van der Waals surface area contributed by atoms with Crippen molar-refractivity contribution >= 4 is 11.7 Å². The van der Waals surface area contributed by atoms with Gasteiger partial charge in [-0.25, -0.2) is 4.79 Å². The molecule has 1 saturated carbocycles. The highest BCUT2D eigenvalue weighted by Gasteiger charge is 2.23. The van der Waals surface area contributed by atoms with Gasteiger partial charge in [0.05, 0.1) is 12.2 Å². The molecule has 0 heterocycles. The van der Waals surface area contributed by atoms with Gasteiger partial charge in [0, 0.05) is 5.69 Å². The molecule has 0 aliphatic heterocycles. The third-order valence-electron chi connectivity index (χ3n) is 2.66. The number of carbonyl (C=O) groups is 1. The Kier molecular flexibility index (Phi) is 2.62.